The van der Waals surface area contributed by atoms with Gasteiger partial charge in [0, 0.05) is 38.5 Å². The minimum absolute atomic E-state index is 0. The molecule has 0 heterocycles. The van der Waals surface area contributed by atoms with Crippen LogP contribution in [0.3, 0.4) is 0 Å². The molecule has 0 aromatic heterocycles. The molecule has 0 spiro atoms. The van der Waals surface area contributed by atoms with Gasteiger partial charge in [-0.15, -0.1) is 12.1 Å². The molecule has 1 radical (unpaired) electrons. The predicted octanol–water partition coefficient (Wildman–Crippen LogP) is 6.28. The first-order chi connectivity index (χ1) is 10.7. The van der Waals surface area contributed by atoms with E-state index in [1.165, 1.54) is 56.9 Å². The topological polar surface area (TPSA) is 0 Å². The molecule has 1 aromatic carbocycles. The minimum atomic E-state index is -0.217. The SMILES string of the molecule is CC1CCC(/C=C/C2CCC(c3cc[c-]c(F)c3)CC2)CC1.[Y]. The van der Waals surface area contributed by atoms with Gasteiger partial charge in [-0.2, -0.15) is 17.7 Å². The number of allylic oxidation sites excluding steroid dienone is 2. The summed E-state index contributed by atoms with van der Waals surface area (Å²) in [5, 5.41) is 0. The summed E-state index contributed by atoms with van der Waals surface area (Å²) >= 11 is 0. The van der Waals surface area contributed by atoms with Crippen LogP contribution in [0.1, 0.15) is 69.8 Å². The van der Waals surface area contributed by atoms with Gasteiger partial charge in [0.2, 0.25) is 0 Å². The van der Waals surface area contributed by atoms with Crippen molar-refractivity contribution in [1.82, 2.24) is 0 Å². The molecule has 0 N–H and O–H groups in total. The van der Waals surface area contributed by atoms with E-state index in [1.54, 1.807) is 12.1 Å². The van der Waals surface area contributed by atoms with Crippen LogP contribution in [0.25, 0.3) is 0 Å². The molecule has 0 unspecified atom stereocenters. The zero-order chi connectivity index (χ0) is 15.4. The van der Waals surface area contributed by atoms with Crippen molar-refractivity contribution >= 4 is 0 Å². The van der Waals surface area contributed by atoms with Crippen LogP contribution < -0.4 is 0 Å². The fourth-order valence-corrected chi connectivity index (χ4v) is 4.15. The van der Waals surface area contributed by atoms with Gasteiger partial charge in [0.15, 0.2) is 0 Å². The smallest absolute Gasteiger partial charge is 0.0111 e. The summed E-state index contributed by atoms with van der Waals surface area (Å²) in [7, 11) is 0. The van der Waals surface area contributed by atoms with Crippen LogP contribution in [0.15, 0.2) is 30.4 Å². The monoisotopic (exact) mass is 388 g/mol. The third kappa shape index (κ3) is 5.78. The van der Waals surface area contributed by atoms with Crippen LogP contribution in [-0.4, -0.2) is 0 Å². The van der Waals surface area contributed by atoms with E-state index in [-0.39, 0.29) is 38.5 Å². The van der Waals surface area contributed by atoms with E-state index in [0.29, 0.717) is 5.92 Å². The minimum Gasteiger partial charge on any atom is -0.236 e. The first kappa shape index (κ1) is 19.3. The second kappa shape index (κ2) is 9.47. The third-order valence-electron chi connectivity index (χ3n) is 5.75. The summed E-state index contributed by atoms with van der Waals surface area (Å²) in [6, 6.07) is 8.03. The second-order valence-electron chi connectivity index (χ2n) is 7.49. The molecule has 3 rings (SSSR count). The van der Waals surface area contributed by atoms with E-state index in [1.807, 2.05) is 6.07 Å². The third-order valence-corrected chi connectivity index (χ3v) is 5.75. The summed E-state index contributed by atoms with van der Waals surface area (Å²) in [5.74, 6) is 2.84. The van der Waals surface area contributed by atoms with E-state index in [0.717, 1.165) is 17.8 Å². The van der Waals surface area contributed by atoms with E-state index in [9.17, 15) is 4.39 Å². The molecule has 0 nitrogen and oxygen atoms in total. The fourth-order valence-electron chi connectivity index (χ4n) is 4.15. The van der Waals surface area contributed by atoms with Crippen LogP contribution in [0, 0.1) is 29.6 Å². The Morgan fingerprint density at radius 3 is 2.09 bits per heavy atom. The van der Waals surface area contributed by atoms with Crippen molar-refractivity contribution in [2.45, 2.75) is 64.2 Å². The molecule has 123 valence electrons. The van der Waals surface area contributed by atoms with E-state index in [4.69, 9.17) is 0 Å². The maximum Gasteiger partial charge on any atom is 0.0111 e. The molecule has 0 aliphatic heterocycles. The normalized spacial score (nSPS) is 31.7. The van der Waals surface area contributed by atoms with Crippen molar-refractivity contribution in [3.63, 3.8) is 0 Å². The quantitative estimate of drug-likeness (QED) is 0.422. The number of benzene rings is 1. The Morgan fingerprint density at radius 2 is 1.52 bits per heavy atom. The van der Waals surface area contributed by atoms with Gasteiger partial charge in [-0.1, -0.05) is 31.9 Å². The molecule has 2 aliphatic carbocycles. The summed E-state index contributed by atoms with van der Waals surface area (Å²) in [4.78, 5) is 0. The zero-order valence-corrected chi connectivity index (χ0v) is 17.1. The molecule has 2 fully saturated rings. The van der Waals surface area contributed by atoms with Crippen molar-refractivity contribution in [1.29, 1.82) is 0 Å². The Morgan fingerprint density at radius 1 is 0.957 bits per heavy atom. The largest absolute Gasteiger partial charge is 0.236 e. The van der Waals surface area contributed by atoms with Gasteiger partial charge < -0.3 is 0 Å². The maximum atomic E-state index is 13.3. The van der Waals surface area contributed by atoms with Gasteiger partial charge in [-0.25, -0.2) is 4.39 Å². The van der Waals surface area contributed by atoms with E-state index < -0.39 is 0 Å². The molecule has 23 heavy (non-hydrogen) atoms. The summed E-state index contributed by atoms with van der Waals surface area (Å²) in [6.07, 6.45) is 15.5. The van der Waals surface area contributed by atoms with Crippen molar-refractivity contribution < 1.29 is 37.1 Å². The van der Waals surface area contributed by atoms with Crippen molar-refractivity contribution in [2.75, 3.05) is 0 Å². The molecule has 0 amide bonds. The molecule has 0 bridgehead atoms. The molecule has 2 heteroatoms. The van der Waals surface area contributed by atoms with Crippen LogP contribution in [0.4, 0.5) is 4.39 Å². The average molecular weight is 388 g/mol. The number of hydrogen-bond acceptors (Lipinski definition) is 0. The Balaban J connectivity index is 0.00000192. The standard InChI is InChI=1S/C21H28F.Y/c1-16-5-7-17(8-6-16)9-10-18-11-13-19(14-12-18)20-3-2-4-21(22)15-20;/h2-3,9-10,15-19H,5-8,11-14H2,1H3;/q-1;/b10-9+;. The first-order valence-electron chi connectivity index (χ1n) is 9.06. The van der Waals surface area contributed by atoms with Gasteiger partial charge in [0.05, 0.1) is 0 Å². The van der Waals surface area contributed by atoms with Crippen molar-refractivity contribution in [3.8, 4) is 0 Å². The zero-order valence-electron chi connectivity index (χ0n) is 14.3. The molecule has 1 aromatic rings. The molecule has 0 atom stereocenters. The molecule has 2 saturated carbocycles. The Hall–Kier alpha value is -0.00610. The summed E-state index contributed by atoms with van der Waals surface area (Å²) < 4.78 is 13.3. The van der Waals surface area contributed by atoms with Crippen LogP contribution in [-0.2, 0) is 32.7 Å². The molecule has 2 aliphatic rings. The van der Waals surface area contributed by atoms with Crippen LogP contribution in [0.2, 0.25) is 0 Å². The maximum absolute atomic E-state index is 13.3. The van der Waals surface area contributed by atoms with Crippen molar-refractivity contribution in [3.05, 3.63) is 47.8 Å². The van der Waals surface area contributed by atoms with Gasteiger partial charge in [0.1, 0.15) is 0 Å². The van der Waals surface area contributed by atoms with Crippen LogP contribution in [0.5, 0.6) is 0 Å². The van der Waals surface area contributed by atoms with Crippen LogP contribution >= 0.6 is 0 Å². The van der Waals surface area contributed by atoms with Gasteiger partial charge >= 0.3 is 0 Å². The summed E-state index contributed by atoms with van der Waals surface area (Å²) in [6.45, 7) is 2.38. The summed E-state index contributed by atoms with van der Waals surface area (Å²) in [5.41, 5.74) is 1.17. The van der Waals surface area contributed by atoms with E-state index >= 15 is 0 Å². The fraction of sp³-hybridized carbons (Fsp3) is 0.619. The van der Waals surface area contributed by atoms with E-state index in [2.05, 4.69) is 25.1 Å². The molecular formula is C21H28FY-. The van der Waals surface area contributed by atoms with Gasteiger partial charge in [-0.05, 0) is 62.2 Å². The second-order valence-corrected chi connectivity index (χ2v) is 7.49. The molecular weight excluding hydrogens is 360 g/mol. The Bertz CT molecular complexity index is 494. The Labute approximate surface area is 166 Å². The Kier molecular flexibility index (Phi) is 7.96. The predicted molar refractivity (Wildman–Crippen MR) is 90.2 cm³/mol. The number of halogens is 1. The average Bonchev–Trinajstić information content (AvgIpc) is 2.55. The number of rotatable bonds is 3. The molecule has 0 saturated heterocycles. The first-order valence-corrected chi connectivity index (χ1v) is 9.06. The van der Waals surface area contributed by atoms with Crippen molar-refractivity contribution in [2.24, 2.45) is 17.8 Å². The number of hydrogen-bond donors (Lipinski definition) is 0. The van der Waals surface area contributed by atoms with Gasteiger partial charge in [-0.3, -0.25) is 0 Å². The van der Waals surface area contributed by atoms with Gasteiger partial charge in [0.25, 0.3) is 0 Å².